The van der Waals surface area contributed by atoms with E-state index in [2.05, 4.69) is 22.5 Å². The second-order valence-electron chi connectivity index (χ2n) is 8.86. The van der Waals surface area contributed by atoms with Crippen molar-refractivity contribution < 1.29 is 23.4 Å². The van der Waals surface area contributed by atoms with E-state index in [1.54, 1.807) is 12.3 Å². The van der Waals surface area contributed by atoms with Gasteiger partial charge in [-0.2, -0.15) is 4.39 Å². The number of para-hydroxylation sites is 1. The van der Waals surface area contributed by atoms with Gasteiger partial charge in [0.25, 0.3) is 0 Å². The summed E-state index contributed by atoms with van der Waals surface area (Å²) in [4.78, 5) is 15.2. The molecule has 0 saturated carbocycles. The van der Waals surface area contributed by atoms with Gasteiger partial charge in [-0.05, 0) is 43.2 Å². The SMILES string of the molecule is CCC(Nc1cccc2c1OC[C@H]2Nc1ccc2c(c1)OC(C)[C@H]2OC(C)=O)c1ccc(F)nc1. The lowest BCUT2D eigenvalue weighted by Crippen LogP contribution is -2.18. The van der Waals surface area contributed by atoms with E-state index in [0.29, 0.717) is 12.4 Å². The first-order valence-corrected chi connectivity index (χ1v) is 11.8. The highest BCUT2D eigenvalue weighted by molar-refractivity contribution is 5.67. The molecule has 2 aliphatic heterocycles. The molecule has 0 amide bonds. The molecule has 5 rings (SSSR count). The van der Waals surface area contributed by atoms with E-state index in [-0.39, 0.29) is 24.2 Å². The van der Waals surface area contributed by atoms with Crippen molar-refractivity contribution in [2.24, 2.45) is 0 Å². The fraction of sp³-hybridized carbons (Fsp3) is 0.333. The second-order valence-corrected chi connectivity index (χ2v) is 8.86. The number of nitrogens with zero attached hydrogens (tertiary/aromatic N) is 1. The highest BCUT2D eigenvalue weighted by Gasteiger charge is 2.34. The molecule has 0 bridgehead atoms. The highest BCUT2D eigenvalue weighted by Crippen LogP contribution is 2.44. The average molecular weight is 478 g/mol. The number of hydrogen-bond donors (Lipinski definition) is 2. The van der Waals surface area contributed by atoms with Crippen molar-refractivity contribution in [3.8, 4) is 11.5 Å². The van der Waals surface area contributed by atoms with Gasteiger partial charge in [-0.25, -0.2) is 4.98 Å². The minimum Gasteiger partial charge on any atom is -0.489 e. The van der Waals surface area contributed by atoms with Crippen LogP contribution in [0, 0.1) is 5.95 Å². The van der Waals surface area contributed by atoms with E-state index in [9.17, 15) is 9.18 Å². The predicted molar refractivity (Wildman–Crippen MR) is 130 cm³/mol. The van der Waals surface area contributed by atoms with E-state index in [1.807, 2.05) is 43.3 Å². The van der Waals surface area contributed by atoms with Gasteiger partial charge >= 0.3 is 5.97 Å². The van der Waals surface area contributed by atoms with Gasteiger partial charge in [0, 0.05) is 36.0 Å². The lowest BCUT2D eigenvalue weighted by Gasteiger charge is -2.20. The van der Waals surface area contributed by atoms with Gasteiger partial charge < -0.3 is 24.8 Å². The number of hydrogen-bond acceptors (Lipinski definition) is 7. The lowest BCUT2D eigenvalue weighted by molar-refractivity contribution is -0.149. The minimum absolute atomic E-state index is 0.0220. The van der Waals surface area contributed by atoms with Crippen LogP contribution in [0.1, 0.15) is 62.1 Å². The van der Waals surface area contributed by atoms with Gasteiger partial charge in [-0.3, -0.25) is 4.79 Å². The molecule has 0 spiro atoms. The number of pyridine rings is 1. The number of esters is 1. The number of fused-ring (bicyclic) bond motifs is 2. The predicted octanol–water partition coefficient (Wildman–Crippen LogP) is 5.71. The van der Waals surface area contributed by atoms with Gasteiger partial charge in [0.05, 0.1) is 17.8 Å². The molecular formula is C27H28FN3O4. The summed E-state index contributed by atoms with van der Waals surface area (Å²) in [5, 5.41) is 7.07. The van der Waals surface area contributed by atoms with Crippen molar-refractivity contribution in [2.75, 3.05) is 17.2 Å². The Bertz CT molecular complexity index is 1230. The number of anilines is 2. The average Bonchev–Trinajstić information content (AvgIpc) is 3.38. The molecule has 3 heterocycles. The van der Waals surface area contributed by atoms with Crippen LogP contribution in [-0.4, -0.2) is 23.7 Å². The summed E-state index contributed by atoms with van der Waals surface area (Å²) in [5.41, 5.74) is 4.61. The maximum atomic E-state index is 13.3. The number of ether oxygens (including phenoxy) is 3. The fourth-order valence-electron chi connectivity index (χ4n) is 4.70. The van der Waals surface area contributed by atoms with Crippen molar-refractivity contribution in [1.82, 2.24) is 4.98 Å². The third-order valence-electron chi connectivity index (χ3n) is 6.40. The van der Waals surface area contributed by atoms with Crippen molar-refractivity contribution >= 4 is 17.3 Å². The Labute approximate surface area is 203 Å². The zero-order valence-corrected chi connectivity index (χ0v) is 19.9. The van der Waals surface area contributed by atoms with Crippen LogP contribution in [0.25, 0.3) is 0 Å². The number of halogens is 1. The standard InChI is InChI=1S/C27H28FN3O4/c1-4-21(17-8-11-25(28)29-13-17)31-22-7-5-6-19-23(14-33-27(19)22)30-18-9-10-20-24(12-18)34-15(2)26(20)35-16(3)32/h5-13,15,21,23,26,30-31H,4,14H2,1-3H3/t15?,21?,23-,26-/m1/s1. The van der Waals surface area contributed by atoms with Crippen molar-refractivity contribution in [3.05, 3.63) is 77.4 Å². The third kappa shape index (κ3) is 4.60. The highest BCUT2D eigenvalue weighted by atomic mass is 19.1. The van der Waals surface area contributed by atoms with E-state index in [1.165, 1.54) is 13.0 Å². The van der Waals surface area contributed by atoms with Crippen LogP contribution in [0.2, 0.25) is 0 Å². The van der Waals surface area contributed by atoms with Crippen LogP contribution in [-0.2, 0) is 9.53 Å². The first-order chi connectivity index (χ1) is 16.9. The zero-order valence-electron chi connectivity index (χ0n) is 19.9. The largest absolute Gasteiger partial charge is 0.489 e. The Morgan fingerprint density at radius 1 is 1.23 bits per heavy atom. The fourth-order valence-corrected chi connectivity index (χ4v) is 4.70. The normalized spacial score (nSPS) is 20.7. The first-order valence-electron chi connectivity index (χ1n) is 11.8. The molecule has 0 fully saturated rings. The van der Waals surface area contributed by atoms with Crippen LogP contribution in [0.5, 0.6) is 11.5 Å². The molecule has 1 aromatic heterocycles. The minimum atomic E-state index is -0.491. The molecule has 182 valence electrons. The van der Waals surface area contributed by atoms with E-state index >= 15 is 0 Å². The van der Waals surface area contributed by atoms with Crippen molar-refractivity contribution in [1.29, 1.82) is 0 Å². The summed E-state index contributed by atoms with van der Waals surface area (Å²) in [6, 6.07) is 14.9. The summed E-state index contributed by atoms with van der Waals surface area (Å²) >= 11 is 0. The summed E-state index contributed by atoms with van der Waals surface area (Å²) < 4.78 is 30.7. The number of carbonyl (C=O) groups excluding carboxylic acids is 1. The summed E-state index contributed by atoms with van der Waals surface area (Å²) in [6.45, 7) is 5.84. The number of benzene rings is 2. The van der Waals surface area contributed by atoms with Crippen LogP contribution in [0.4, 0.5) is 15.8 Å². The number of rotatable bonds is 7. The third-order valence-corrected chi connectivity index (χ3v) is 6.40. The number of nitrogens with one attached hydrogen (secondary N) is 2. The molecular weight excluding hydrogens is 449 g/mol. The molecule has 7 nitrogen and oxygen atoms in total. The van der Waals surface area contributed by atoms with Gasteiger partial charge in [0.2, 0.25) is 5.95 Å². The molecule has 2 aromatic carbocycles. The van der Waals surface area contributed by atoms with Gasteiger partial charge in [0.15, 0.2) is 6.10 Å². The number of carbonyl (C=O) groups is 1. The van der Waals surface area contributed by atoms with E-state index in [4.69, 9.17) is 14.2 Å². The van der Waals surface area contributed by atoms with Crippen LogP contribution >= 0.6 is 0 Å². The molecule has 2 aliphatic rings. The monoisotopic (exact) mass is 477 g/mol. The summed E-state index contributed by atoms with van der Waals surface area (Å²) in [7, 11) is 0. The van der Waals surface area contributed by atoms with Gasteiger partial charge in [0.1, 0.15) is 24.2 Å². The lowest BCUT2D eigenvalue weighted by atomic mass is 10.0. The molecule has 4 atom stereocenters. The Balaban J connectivity index is 1.33. The molecule has 0 aliphatic carbocycles. The Morgan fingerprint density at radius 3 is 2.83 bits per heavy atom. The van der Waals surface area contributed by atoms with Gasteiger partial charge in [-0.1, -0.05) is 25.1 Å². The smallest absolute Gasteiger partial charge is 0.303 e. The Kier molecular flexibility index (Phi) is 6.19. The first kappa shape index (κ1) is 23.0. The van der Waals surface area contributed by atoms with E-state index < -0.39 is 12.1 Å². The Morgan fingerprint density at radius 2 is 2.09 bits per heavy atom. The quantitative estimate of drug-likeness (QED) is 0.333. The second kappa shape index (κ2) is 9.44. The molecule has 8 heteroatoms. The van der Waals surface area contributed by atoms with Crippen LogP contribution < -0.4 is 20.1 Å². The molecule has 0 saturated heterocycles. The molecule has 0 radical (unpaired) electrons. The summed E-state index contributed by atoms with van der Waals surface area (Å²) in [5.74, 6) is 0.696. The molecule has 2 N–H and O–H groups in total. The van der Waals surface area contributed by atoms with Crippen molar-refractivity contribution in [3.63, 3.8) is 0 Å². The maximum Gasteiger partial charge on any atom is 0.303 e. The van der Waals surface area contributed by atoms with Crippen molar-refractivity contribution in [2.45, 2.75) is 51.5 Å². The zero-order chi connectivity index (χ0) is 24.5. The molecule has 35 heavy (non-hydrogen) atoms. The maximum absolute atomic E-state index is 13.3. The number of aromatic nitrogens is 1. The summed E-state index contributed by atoms with van der Waals surface area (Å²) in [6.07, 6.45) is 1.73. The van der Waals surface area contributed by atoms with Gasteiger partial charge in [-0.15, -0.1) is 0 Å². The molecule has 2 unspecified atom stereocenters. The molecule has 3 aromatic rings. The van der Waals surface area contributed by atoms with E-state index in [0.717, 1.165) is 40.2 Å². The Hall–Kier alpha value is -3.81. The van der Waals surface area contributed by atoms with Crippen LogP contribution in [0.3, 0.4) is 0 Å². The topological polar surface area (TPSA) is 81.7 Å². The van der Waals surface area contributed by atoms with Crippen LogP contribution in [0.15, 0.2) is 54.7 Å².